The van der Waals surface area contributed by atoms with Crippen LogP contribution in [-0.2, 0) is 9.47 Å². The van der Waals surface area contributed by atoms with Crippen molar-refractivity contribution >= 4 is 12.3 Å². The molecule has 7 heteroatoms. The normalized spacial score (nSPS) is 10.2. The maximum Gasteiger partial charge on any atom is 0.513 e. The summed E-state index contributed by atoms with van der Waals surface area (Å²) in [6, 6.07) is 17.4. The first-order chi connectivity index (χ1) is 12.6. The van der Waals surface area contributed by atoms with E-state index in [0.29, 0.717) is 24.6 Å². The average molecular weight is 359 g/mol. The summed E-state index contributed by atoms with van der Waals surface area (Å²) < 4.78 is 20.0. The molecule has 0 amide bonds. The predicted octanol–water partition coefficient (Wildman–Crippen LogP) is 3.35. The Kier molecular flexibility index (Phi) is 7.95. The molecule has 0 aliphatic carbocycles. The summed E-state index contributed by atoms with van der Waals surface area (Å²) in [5, 5.41) is 0. The van der Waals surface area contributed by atoms with Crippen LogP contribution in [0.25, 0.3) is 0 Å². The summed E-state index contributed by atoms with van der Waals surface area (Å²) in [6.45, 7) is 1.27. The molecule has 0 fully saturated rings. The van der Waals surface area contributed by atoms with Gasteiger partial charge in [-0.05, 0) is 31.3 Å². The minimum absolute atomic E-state index is 0.163. The second kappa shape index (κ2) is 10.7. The van der Waals surface area contributed by atoms with Gasteiger partial charge in [-0.2, -0.15) is 0 Å². The highest BCUT2D eigenvalue weighted by molar-refractivity contribution is 5.64. The molecule has 0 aromatic heterocycles. The van der Waals surface area contributed by atoms with Gasteiger partial charge in [-0.1, -0.05) is 36.4 Å². The molecule has 0 N–H and O–H groups in total. The first-order valence-corrected chi connectivity index (χ1v) is 8.11. The largest absolute Gasteiger partial charge is 0.513 e. The maximum absolute atomic E-state index is 11.5. The Balaban J connectivity index is 1.54. The molecule has 0 heterocycles. The molecule has 0 aliphatic rings. The molecule has 0 bridgehead atoms. The fraction of sp³-hybridized carbons (Fsp3) is 0.263. The molecular formula is C19H21NO6. The van der Waals surface area contributed by atoms with Crippen molar-refractivity contribution < 1.29 is 28.5 Å². The fourth-order valence-electron chi connectivity index (χ4n) is 1.91. The Hall–Kier alpha value is -3.06. The molecule has 0 unspecified atom stereocenters. The van der Waals surface area contributed by atoms with Crippen molar-refractivity contribution in [2.45, 2.75) is 0 Å². The van der Waals surface area contributed by atoms with Gasteiger partial charge in [0.1, 0.15) is 24.7 Å². The van der Waals surface area contributed by atoms with E-state index in [2.05, 4.69) is 0 Å². The Morgan fingerprint density at radius 3 is 1.50 bits per heavy atom. The van der Waals surface area contributed by atoms with E-state index in [4.69, 9.17) is 18.9 Å². The number of likely N-dealkylation sites (N-methyl/N-ethyl adjacent to an activating group) is 1. The van der Waals surface area contributed by atoms with Crippen LogP contribution in [0.1, 0.15) is 0 Å². The molecule has 26 heavy (non-hydrogen) atoms. The number of hydrogen-bond donors (Lipinski definition) is 0. The summed E-state index contributed by atoms with van der Waals surface area (Å²) in [6.07, 6.45) is -1.51. The van der Waals surface area contributed by atoms with Crippen LogP contribution in [0.2, 0.25) is 0 Å². The molecule has 0 spiro atoms. The molecule has 2 aromatic carbocycles. The van der Waals surface area contributed by atoms with Gasteiger partial charge in [0.15, 0.2) is 0 Å². The molecule has 0 atom stereocenters. The lowest BCUT2D eigenvalue weighted by Crippen LogP contribution is -2.29. The molecule has 0 radical (unpaired) electrons. The summed E-state index contributed by atoms with van der Waals surface area (Å²) >= 11 is 0. The topological polar surface area (TPSA) is 74.3 Å². The number of benzene rings is 2. The number of rotatable bonds is 8. The van der Waals surface area contributed by atoms with Gasteiger partial charge in [-0.25, -0.2) is 9.59 Å². The summed E-state index contributed by atoms with van der Waals surface area (Å²) in [5.74, 6) is 0.854. The monoisotopic (exact) mass is 359 g/mol. The predicted molar refractivity (Wildman–Crippen MR) is 94.3 cm³/mol. The number of para-hydroxylation sites is 2. The summed E-state index contributed by atoms with van der Waals surface area (Å²) in [4.78, 5) is 24.9. The van der Waals surface area contributed by atoms with Gasteiger partial charge >= 0.3 is 12.3 Å². The van der Waals surface area contributed by atoms with Crippen molar-refractivity contribution in [3.63, 3.8) is 0 Å². The van der Waals surface area contributed by atoms with E-state index >= 15 is 0 Å². The minimum Gasteiger partial charge on any atom is -0.433 e. The van der Waals surface area contributed by atoms with Gasteiger partial charge in [-0.3, -0.25) is 4.90 Å². The van der Waals surface area contributed by atoms with E-state index in [-0.39, 0.29) is 13.2 Å². The lowest BCUT2D eigenvalue weighted by atomic mass is 10.3. The third-order valence-electron chi connectivity index (χ3n) is 3.27. The molecular weight excluding hydrogens is 338 g/mol. The third kappa shape index (κ3) is 7.67. The van der Waals surface area contributed by atoms with Crippen molar-refractivity contribution in [2.75, 3.05) is 33.4 Å². The third-order valence-corrected chi connectivity index (χ3v) is 3.27. The minimum atomic E-state index is -0.757. The molecule has 2 aromatic rings. The Morgan fingerprint density at radius 2 is 1.12 bits per heavy atom. The molecule has 0 aliphatic heterocycles. The molecule has 0 saturated heterocycles. The smallest absolute Gasteiger partial charge is 0.433 e. The fourth-order valence-corrected chi connectivity index (χ4v) is 1.91. The van der Waals surface area contributed by atoms with Gasteiger partial charge in [0.05, 0.1) is 0 Å². The van der Waals surface area contributed by atoms with E-state index in [0.717, 1.165) is 0 Å². The van der Waals surface area contributed by atoms with Gasteiger partial charge in [0.2, 0.25) is 0 Å². The van der Waals surface area contributed by atoms with E-state index in [9.17, 15) is 9.59 Å². The quantitative estimate of drug-likeness (QED) is 0.528. The number of nitrogens with zero attached hydrogens (tertiary/aromatic N) is 1. The van der Waals surface area contributed by atoms with Crippen LogP contribution in [0, 0.1) is 0 Å². The van der Waals surface area contributed by atoms with Gasteiger partial charge in [0, 0.05) is 13.1 Å². The number of hydrogen-bond acceptors (Lipinski definition) is 7. The van der Waals surface area contributed by atoms with Crippen LogP contribution in [-0.4, -0.2) is 50.6 Å². The van der Waals surface area contributed by atoms with Crippen LogP contribution in [0.3, 0.4) is 0 Å². The Labute approximate surface area is 152 Å². The zero-order chi connectivity index (χ0) is 18.6. The van der Waals surface area contributed by atoms with Crippen molar-refractivity contribution in [1.29, 1.82) is 0 Å². The van der Waals surface area contributed by atoms with Gasteiger partial charge in [-0.15, -0.1) is 0 Å². The summed E-state index contributed by atoms with van der Waals surface area (Å²) in [5.41, 5.74) is 0. The SMILES string of the molecule is CN(CCOC(=O)Oc1ccccc1)CCOC(=O)Oc1ccccc1. The Morgan fingerprint density at radius 1 is 0.731 bits per heavy atom. The first kappa shape index (κ1) is 19.3. The van der Waals surface area contributed by atoms with Crippen molar-refractivity contribution in [3.8, 4) is 11.5 Å². The first-order valence-electron chi connectivity index (χ1n) is 8.11. The highest BCUT2D eigenvalue weighted by Gasteiger charge is 2.08. The van der Waals surface area contributed by atoms with Gasteiger partial charge in [0.25, 0.3) is 0 Å². The van der Waals surface area contributed by atoms with E-state index < -0.39 is 12.3 Å². The molecule has 0 saturated carbocycles. The van der Waals surface area contributed by atoms with Crippen molar-refractivity contribution in [1.82, 2.24) is 4.90 Å². The van der Waals surface area contributed by atoms with Crippen LogP contribution < -0.4 is 9.47 Å². The highest BCUT2D eigenvalue weighted by atomic mass is 16.7. The summed E-state index contributed by atoms with van der Waals surface area (Å²) in [7, 11) is 1.82. The average Bonchev–Trinajstić information content (AvgIpc) is 2.63. The molecule has 138 valence electrons. The zero-order valence-electron chi connectivity index (χ0n) is 14.5. The molecule has 7 nitrogen and oxygen atoms in total. The number of carbonyl (C=O) groups is 2. The van der Waals surface area contributed by atoms with Crippen LogP contribution >= 0.6 is 0 Å². The van der Waals surface area contributed by atoms with E-state index in [1.807, 2.05) is 24.1 Å². The molecule has 2 rings (SSSR count). The lowest BCUT2D eigenvalue weighted by Gasteiger charge is -2.16. The number of carbonyl (C=O) groups excluding carboxylic acids is 2. The lowest BCUT2D eigenvalue weighted by molar-refractivity contribution is 0.0772. The zero-order valence-corrected chi connectivity index (χ0v) is 14.5. The second-order valence-electron chi connectivity index (χ2n) is 5.33. The van der Waals surface area contributed by atoms with Crippen molar-refractivity contribution in [2.24, 2.45) is 0 Å². The standard InChI is InChI=1S/C19H21NO6/c1-20(12-14-23-18(21)25-16-8-4-2-5-9-16)13-15-24-19(22)26-17-10-6-3-7-11-17/h2-11H,12-15H2,1H3. The maximum atomic E-state index is 11.5. The second-order valence-corrected chi connectivity index (χ2v) is 5.33. The van der Waals surface area contributed by atoms with Crippen LogP contribution in [0.4, 0.5) is 9.59 Å². The van der Waals surface area contributed by atoms with Crippen molar-refractivity contribution in [3.05, 3.63) is 60.7 Å². The van der Waals surface area contributed by atoms with Gasteiger partial charge < -0.3 is 18.9 Å². The van der Waals surface area contributed by atoms with Crippen LogP contribution in [0.5, 0.6) is 11.5 Å². The van der Waals surface area contributed by atoms with E-state index in [1.165, 1.54) is 0 Å². The highest BCUT2D eigenvalue weighted by Crippen LogP contribution is 2.10. The Bertz CT molecular complexity index is 617. The number of ether oxygens (including phenoxy) is 4. The van der Waals surface area contributed by atoms with E-state index in [1.54, 1.807) is 48.5 Å². The van der Waals surface area contributed by atoms with Crippen LogP contribution in [0.15, 0.2) is 60.7 Å².